The highest BCUT2D eigenvalue weighted by Gasteiger charge is 2.35. The minimum atomic E-state index is -4.40. The number of nitrogens with zero attached hydrogens (tertiary/aromatic N) is 1. The van der Waals surface area contributed by atoms with Gasteiger partial charge in [0.2, 0.25) is 0 Å². The average molecular weight is 406 g/mol. The number of fused-ring (bicyclic) bond motifs is 2. The number of aromatic nitrogens is 1. The second-order valence-electron chi connectivity index (χ2n) is 7.11. The molecule has 0 N–H and O–H groups in total. The second-order valence-corrected chi connectivity index (χ2v) is 9.31. The largest absolute Gasteiger partial charge is 0.418 e. The Morgan fingerprint density at radius 1 is 0.963 bits per heavy atom. The Kier molecular flexibility index (Phi) is 4.31. The fourth-order valence-electron chi connectivity index (χ4n) is 3.22. The molecule has 0 aliphatic heterocycles. The topological polar surface area (TPSA) is 12.9 Å². The zero-order valence-electron chi connectivity index (χ0n) is 15.1. The lowest BCUT2D eigenvalue weighted by atomic mass is 9.85. The van der Waals surface area contributed by atoms with E-state index in [1.165, 1.54) is 32.4 Å². The maximum atomic E-state index is 13.3. The molecule has 1 nitrogen and oxygen atoms in total. The van der Waals surface area contributed by atoms with E-state index in [2.05, 4.69) is 36.2 Å². The summed E-state index contributed by atoms with van der Waals surface area (Å²) in [7, 11) is 0. The van der Waals surface area contributed by atoms with E-state index < -0.39 is 17.2 Å². The van der Waals surface area contributed by atoms with E-state index in [0.717, 1.165) is 18.1 Å². The second kappa shape index (κ2) is 6.31. The van der Waals surface area contributed by atoms with Gasteiger partial charge in [0.25, 0.3) is 0 Å². The summed E-state index contributed by atoms with van der Waals surface area (Å²) < 4.78 is 41.7. The highest BCUT2D eigenvalue weighted by Crippen LogP contribution is 2.42. The number of thiazole rings is 1. The molecular weight excluding hydrogens is 387 g/mol. The van der Waals surface area contributed by atoms with E-state index in [1.807, 2.05) is 13.8 Å². The van der Waals surface area contributed by atoms with Crippen LogP contribution >= 0.6 is 22.7 Å². The van der Waals surface area contributed by atoms with Gasteiger partial charge >= 0.3 is 6.18 Å². The molecule has 2 aromatic carbocycles. The molecule has 0 unspecified atom stereocenters. The van der Waals surface area contributed by atoms with Gasteiger partial charge in [0, 0.05) is 15.0 Å². The maximum absolute atomic E-state index is 13.3. The van der Waals surface area contributed by atoms with Crippen LogP contribution in [0, 0.1) is 0 Å². The first-order valence-electron chi connectivity index (χ1n) is 8.70. The van der Waals surface area contributed by atoms with Crippen LogP contribution in [0.2, 0.25) is 0 Å². The quantitative estimate of drug-likeness (QED) is 0.346. The van der Waals surface area contributed by atoms with E-state index in [4.69, 9.17) is 0 Å². The highest BCUT2D eigenvalue weighted by molar-refractivity contribution is 7.19. The normalized spacial score (nSPS) is 13.0. The van der Waals surface area contributed by atoms with Crippen LogP contribution in [0.25, 0.3) is 20.3 Å². The van der Waals surface area contributed by atoms with E-state index in [0.29, 0.717) is 9.71 Å². The first-order chi connectivity index (χ1) is 12.7. The number of aryl methyl sites for hydroxylation is 1. The number of hydrogen-bond acceptors (Lipinski definition) is 3. The van der Waals surface area contributed by atoms with Crippen molar-refractivity contribution in [1.82, 2.24) is 4.98 Å². The van der Waals surface area contributed by atoms with Gasteiger partial charge in [0.15, 0.2) is 0 Å². The Labute approximate surface area is 163 Å². The Bertz CT molecular complexity index is 1140. The van der Waals surface area contributed by atoms with Crippen molar-refractivity contribution in [1.29, 1.82) is 0 Å². The molecule has 0 saturated heterocycles. The molecule has 0 spiro atoms. The van der Waals surface area contributed by atoms with Crippen LogP contribution in [-0.4, -0.2) is 4.98 Å². The van der Waals surface area contributed by atoms with Crippen LogP contribution in [0.3, 0.4) is 0 Å². The lowest BCUT2D eigenvalue weighted by Gasteiger charge is -2.22. The summed E-state index contributed by atoms with van der Waals surface area (Å²) in [5.41, 5.74) is -0.0350. The van der Waals surface area contributed by atoms with Gasteiger partial charge in [0.05, 0.1) is 15.8 Å². The van der Waals surface area contributed by atoms with Crippen molar-refractivity contribution in [3.8, 4) is 0 Å². The van der Waals surface area contributed by atoms with Crippen molar-refractivity contribution in [3.05, 3.63) is 63.5 Å². The molecule has 0 radical (unpaired) electrons. The molecule has 0 amide bonds. The van der Waals surface area contributed by atoms with Crippen molar-refractivity contribution in [2.75, 3.05) is 0 Å². The Morgan fingerprint density at radius 3 is 2.44 bits per heavy atom. The predicted molar refractivity (Wildman–Crippen MR) is 108 cm³/mol. The van der Waals surface area contributed by atoms with Crippen LogP contribution in [0.15, 0.2) is 42.5 Å². The van der Waals surface area contributed by atoms with Crippen molar-refractivity contribution in [2.45, 2.75) is 38.8 Å². The Hall–Kier alpha value is -1.92. The molecule has 0 aliphatic rings. The number of rotatable bonds is 3. The summed E-state index contributed by atoms with van der Waals surface area (Å²) in [4.78, 5) is 5.76. The molecule has 6 heteroatoms. The van der Waals surface area contributed by atoms with Crippen molar-refractivity contribution >= 4 is 43.0 Å². The minimum absolute atomic E-state index is 0.0449. The molecular formula is C21H18F3NS2. The number of hydrogen-bond donors (Lipinski definition) is 0. The van der Waals surface area contributed by atoms with Gasteiger partial charge in [-0.1, -0.05) is 25.1 Å². The number of halogens is 3. The molecule has 0 saturated carbocycles. The molecule has 140 valence electrons. The van der Waals surface area contributed by atoms with Gasteiger partial charge in [0.1, 0.15) is 5.01 Å². The fourth-order valence-corrected chi connectivity index (χ4v) is 5.38. The third kappa shape index (κ3) is 3.15. The third-order valence-electron chi connectivity index (χ3n) is 4.90. The summed E-state index contributed by atoms with van der Waals surface area (Å²) in [6, 6.07) is 12.8. The van der Waals surface area contributed by atoms with Gasteiger partial charge in [-0.3, -0.25) is 0 Å². The zero-order chi connectivity index (χ0) is 19.4. The van der Waals surface area contributed by atoms with Gasteiger partial charge in [-0.15, -0.1) is 22.7 Å². The van der Waals surface area contributed by atoms with Crippen LogP contribution < -0.4 is 0 Å². The molecule has 2 heterocycles. The number of benzene rings is 2. The molecule has 0 atom stereocenters. The summed E-state index contributed by atoms with van der Waals surface area (Å²) >= 11 is 3.10. The van der Waals surface area contributed by atoms with E-state index in [9.17, 15) is 13.2 Å². The summed E-state index contributed by atoms with van der Waals surface area (Å²) in [5, 5.41) is 1.90. The lowest BCUT2D eigenvalue weighted by Crippen LogP contribution is -2.18. The van der Waals surface area contributed by atoms with Gasteiger partial charge in [-0.2, -0.15) is 13.2 Å². The maximum Gasteiger partial charge on any atom is 0.418 e. The van der Waals surface area contributed by atoms with Crippen molar-refractivity contribution < 1.29 is 13.2 Å². The van der Waals surface area contributed by atoms with E-state index in [1.54, 1.807) is 17.4 Å². The molecule has 27 heavy (non-hydrogen) atoms. The molecule has 4 rings (SSSR count). The standard InChI is InChI=1S/C21H18F3NS2/c1-4-14-10-12-8-9-13(11-17(12)26-14)20(2,3)19-25-18-15(21(22,23)24)6-5-7-16(18)27-19/h5-11H,4H2,1-3H3. The van der Waals surface area contributed by atoms with Crippen molar-refractivity contribution in [3.63, 3.8) is 0 Å². The number of thiophene rings is 1. The summed E-state index contributed by atoms with van der Waals surface area (Å²) in [6.45, 7) is 6.18. The molecule has 2 aromatic heterocycles. The predicted octanol–water partition coefficient (Wildman–Crippen LogP) is 7.42. The summed E-state index contributed by atoms with van der Waals surface area (Å²) in [6.07, 6.45) is -3.41. The minimum Gasteiger partial charge on any atom is -0.240 e. The first kappa shape index (κ1) is 18.4. The average Bonchev–Trinajstić information content (AvgIpc) is 3.23. The highest BCUT2D eigenvalue weighted by atomic mass is 32.1. The molecule has 0 aliphatic carbocycles. The third-order valence-corrected chi connectivity index (χ3v) is 7.49. The van der Waals surface area contributed by atoms with Gasteiger partial charge < -0.3 is 0 Å². The first-order valence-corrected chi connectivity index (χ1v) is 10.3. The lowest BCUT2D eigenvalue weighted by molar-refractivity contribution is -0.136. The van der Waals surface area contributed by atoms with E-state index >= 15 is 0 Å². The number of para-hydroxylation sites is 1. The SMILES string of the molecule is CCc1cc2ccc(C(C)(C)c3nc4c(C(F)(F)F)cccc4s3)cc2s1. The Morgan fingerprint density at radius 2 is 1.74 bits per heavy atom. The summed E-state index contributed by atoms with van der Waals surface area (Å²) in [5.74, 6) is 0. The van der Waals surface area contributed by atoms with Crippen LogP contribution in [0.5, 0.6) is 0 Å². The molecule has 4 aromatic rings. The fraction of sp³-hybridized carbons (Fsp3) is 0.286. The zero-order valence-corrected chi connectivity index (χ0v) is 16.8. The van der Waals surface area contributed by atoms with Crippen LogP contribution in [0.4, 0.5) is 13.2 Å². The van der Waals surface area contributed by atoms with Crippen LogP contribution in [0.1, 0.15) is 41.8 Å². The number of alkyl halides is 3. The monoisotopic (exact) mass is 405 g/mol. The van der Waals surface area contributed by atoms with Gasteiger partial charge in [-0.05, 0) is 55.5 Å². The van der Waals surface area contributed by atoms with Crippen LogP contribution in [-0.2, 0) is 18.0 Å². The Balaban J connectivity index is 1.84. The molecule has 0 bridgehead atoms. The molecule has 0 fully saturated rings. The smallest absolute Gasteiger partial charge is 0.240 e. The van der Waals surface area contributed by atoms with E-state index in [-0.39, 0.29) is 5.52 Å². The van der Waals surface area contributed by atoms with Crippen molar-refractivity contribution in [2.24, 2.45) is 0 Å². The van der Waals surface area contributed by atoms with Gasteiger partial charge in [-0.25, -0.2) is 4.98 Å².